The number of carbonyl (C=O) groups is 1. The zero-order valence-corrected chi connectivity index (χ0v) is 15.1. The number of benzene rings is 2. The predicted molar refractivity (Wildman–Crippen MR) is 97.4 cm³/mol. The van der Waals surface area contributed by atoms with Crippen molar-refractivity contribution in [3.63, 3.8) is 0 Å². The van der Waals surface area contributed by atoms with Crippen LogP contribution in [0.3, 0.4) is 0 Å². The molecule has 1 aliphatic carbocycles. The molecule has 3 rings (SSSR count). The second kappa shape index (κ2) is 5.93. The topological polar surface area (TPSA) is 87.1 Å². The lowest BCUT2D eigenvalue weighted by molar-refractivity contribution is -0.319. The van der Waals surface area contributed by atoms with Crippen molar-refractivity contribution in [1.29, 1.82) is 0 Å². The molecule has 26 heavy (non-hydrogen) atoms. The van der Waals surface area contributed by atoms with Crippen molar-refractivity contribution < 1.29 is 20.1 Å². The second-order valence-corrected chi connectivity index (χ2v) is 6.73. The summed E-state index contributed by atoms with van der Waals surface area (Å²) in [6.45, 7) is 0. The Morgan fingerprint density at radius 3 is 1.58 bits per heavy atom. The van der Waals surface area contributed by atoms with Crippen molar-refractivity contribution in [3.05, 3.63) is 59.4 Å². The quantitative estimate of drug-likeness (QED) is 0.803. The van der Waals surface area contributed by atoms with E-state index in [0.29, 0.717) is 0 Å². The van der Waals surface area contributed by atoms with E-state index in [1.807, 2.05) is 28.2 Å². The van der Waals surface area contributed by atoms with Crippen molar-refractivity contribution in [3.8, 4) is 11.5 Å². The highest BCUT2D eigenvalue weighted by Crippen LogP contribution is 2.50. The molecule has 2 N–H and O–H groups in total. The zero-order valence-electron chi connectivity index (χ0n) is 15.1. The molecule has 0 aromatic heterocycles. The summed E-state index contributed by atoms with van der Waals surface area (Å²) in [5.74, 6) is -1.53. The summed E-state index contributed by atoms with van der Waals surface area (Å²) < 4.78 is 0. The Balaban J connectivity index is 2.23. The number of phenolic OH excluding ortho intramolecular Hbond substituents is 2. The van der Waals surface area contributed by atoms with Crippen LogP contribution in [0.25, 0.3) is 0 Å². The first-order valence-electron chi connectivity index (χ1n) is 8.07. The van der Waals surface area contributed by atoms with E-state index in [4.69, 9.17) is 0 Å². The summed E-state index contributed by atoms with van der Waals surface area (Å²) >= 11 is 0. The summed E-state index contributed by atoms with van der Waals surface area (Å²) in [6, 6.07) is 9.48. The molecule has 134 valence electrons. The molecule has 0 bridgehead atoms. The molecule has 0 unspecified atom stereocenters. The highest BCUT2D eigenvalue weighted by molar-refractivity contribution is 6.09. The molecule has 0 radical (unpaired) electrons. The van der Waals surface area contributed by atoms with Gasteiger partial charge >= 0.3 is 5.78 Å². The van der Waals surface area contributed by atoms with Gasteiger partial charge in [-0.2, -0.15) is 0 Å². The molecule has 0 aliphatic heterocycles. The van der Waals surface area contributed by atoms with Crippen LogP contribution in [0, 0.1) is 6.08 Å². The highest BCUT2D eigenvalue weighted by Gasteiger charge is 2.62. The Bertz CT molecular complexity index is 859. The molecule has 2 aromatic rings. The maximum absolute atomic E-state index is 12.5. The van der Waals surface area contributed by atoms with Crippen molar-refractivity contribution in [2.24, 2.45) is 0 Å². The standard InChI is InChI=1S/C20H20N2O4/c1-21(2)12-5-7-14(16(23)9-12)20(18(25)11-19(20)26)15-8-6-13(22(3)4)10-17(15)24/h5-10H,1-4H3,(H2-,23,24,25,26). The van der Waals surface area contributed by atoms with Gasteiger partial charge in [-0.3, -0.25) is 0 Å². The SMILES string of the molecule is CN(C)c1ccc(C2(c3ccc(N(C)C)cc3O)C(=O)[C+]=C2[O-])c(O)c1. The molecule has 1 aliphatic rings. The van der Waals surface area contributed by atoms with Crippen LogP contribution in [0.15, 0.2) is 42.2 Å². The second-order valence-electron chi connectivity index (χ2n) is 6.73. The number of nitrogens with zero attached hydrogens (tertiary/aromatic N) is 2. The summed E-state index contributed by atoms with van der Waals surface area (Å²) in [5, 5.41) is 33.6. The number of carbonyl (C=O) groups excluding carboxylic acids is 1. The number of phenols is 2. The molecule has 0 saturated carbocycles. The molecule has 0 heterocycles. The van der Waals surface area contributed by atoms with Gasteiger partial charge in [-0.1, -0.05) is 12.1 Å². The molecule has 0 amide bonds. The van der Waals surface area contributed by atoms with Gasteiger partial charge < -0.3 is 25.1 Å². The largest absolute Gasteiger partial charge is 0.834 e. The Kier molecular flexibility index (Phi) is 4.01. The number of hydrogen-bond donors (Lipinski definition) is 2. The molecule has 0 saturated heterocycles. The van der Waals surface area contributed by atoms with E-state index in [9.17, 15) is 20.1 Å². The molecule has 2 aromatic carbocycles. The first-order chi connectivity index (χ1) is 12.2. The number of Topliss-reactive ketones (excluding diaryl/α,β-unsaturated/α-hetero) is 1. The maximum atomic E-state index is 12.5. The normalized spacial score (nSPS) is 14.9. The summed E-state index contributed by atoms with van der Waals surface area (Å²) in [7, 11) is 7.27. The van der Waals surface area contributed by atoms with E-state index in [1.54, 1.807) is 34.1 Å². The van der Waals surface area contributed by atoms with Gasteiger partial charge in [0.25, 0.3) is 6.08 Å². The van der Waals surface area contributed by atoms with Gasteiger partial charge in [-0.25, -0.2) is 4.79 Å². The Morgan fingerprint density at radius 1 is 0.885 bits per heavy atom. The Morgan fingerprint density at radius 2 is 1.31 bits per heavy atom. The van der Waals surface area contributed by atoms with Crippen molar-refractivity contribution in [2.75, 3.05) is 38.0 Å². The third-order valence-corrected chi connectivity index (χ3v) is 4.71. The number of anilines is 2. The first-order valence-corrected chi connectivity index (χ1v) is 8.07. The Labute approximate surface area is 152 Å². The fourth-order valence-electron chi connectivity index (χ4n) is 3.20. The first kappa shape index (κ1) is 17.6. The molecule has 0 atom stereocenters. The van der Waals surface area contributed by atoms with E-state index in [1.165, 1.54) is 12.1 Å². The molecule has 0 spiro atoms. The van der Waals surface area contributed by atoms with Gasteiger partial charge in [0.15, 0.2) is 5.76 Å². The van der Waals surface area contributed by atoms with Crippen molar-refractivity contribution in [1.82, 2.24) is 0 Å². The molecular weight excluding hydrogens is 332 g/mol. The number of ketones is 1. The number of hydrogen-bond acceptors (Lipinski definition) is 6. The van der Waals surface area contributed by atoms with E-state index in [-0.39, 0.29) is 22.6 Å². The van der Waals surface area contributed by atoms with Gasteiger partial charge in [0.2, 0.25) is 5.41 Å². The van der Waals surface area contributed by atoms with Crippen molar-refractivity contribution in [2.45, 2.75) is 5.41 Å². The smallest absolute Gasteiger partial charge is 0.413 e. The van der Waals surface area contributed by atoms with Crippen LogP contribution in [0.5, 0.6) is 11.5 Å². The van der Waals surface area contributed by atoms with E-state index < -0.39 is 17.0 Å². The lowest BCUT2D eigenvalue weighted by Gasteiger charge is -2.34. The fourth-order valence-corrected chi connectivity index (χ4v) is 3.20. The van der Waals surface area contributed by atoms with Crippen LogP contribution in [-0.2, 0) is 10.2 Å². The average molecular weight is 352 g/mol. The minimum atomic E-state index is -1.76. The van der Waals surface area contributed by atoms with Crippen LogP contribution in [0.4, 0.5) is 11.4 Å². The molecule has 6 heteroatoms. The van der Waals surface area contributed by atoms with Crippen LogP contribution in [0.2, 0.25) is 0 Å². The van der Waals surface area contributed by atoms with Gasteiger partial charge in [-0.15, -0.1) is 0 Å². The minimum absolute atomic E-state index is 0.143. The average Bonchev–Trinajstić information content (AvgIpc) is 2.57. The summed E-state index contributed by atoms with van der Waals surface area (Å²) in [5.41, 5.74) is -0.0276. The molecular formula is C20H20N2O4. The van der Waals surface area contributed by atoms with E-state index in [2.05, 4.69) is 6.08 Å². The fraction of sp³-hybridized carbons (Fsp3) is 0.250. The minimum Gasteiger partial charge on any atom is -0.834 e. The maximum Gasteiger partial charge on any atom is 0.413 e. The molecule has 6 nitrogen and oxygen atoms in total. The van der Waals surface area contributed by atoms with Crippen LogP contribution in [0.1, 0.15) is 11.1 Å². The third-order valence-electron chi connectivity index (χ3n) is 4.71. The van der Waals surface area contributed by atoms with Crippen LogP contribution >= 0.6 is 0 Å². The van der Waals surface area contributed by atoms with E-state index in [0.717, 1.165) is 11.4 Å². The number of rotatable bonds is 4. The van der Waals surface area contributed by atoms with E-state index >= 15 is 0 Å². The number of allylic oxidation sites excluding steroid dienone is 2. The lowest BCUT2D eigenvalue weighted by atomic mass is 9.63. The van der Waals surface area contributed by atoms with Crippen LogP contribution < -0.4 is 14.9 Å². The lowest BCUT2D eigenvalue weighted by Crippen LogP contribution is -2.50. The Hall–Kier alpha value is -3.24. The van der Waals surface area contributed by atoms with Crippen LogP contribution in [-0.4, -0.2) is 44.2 Å². The highest BCUT2D eigenvalue weighted by atomic mass is 16.3. The predicted octanol–water partition coefficient (Wildman–Crippen LogP) is 1.15. The van der Waals surface area contributed by atoms with Gasteiger partial charge in [0, 0.05) is 62.8 Å². The van der Waals surface area contributed by atoms with Gasteiger partial charge in [-0.05, 0) is 12.1 Å². The summed E-state index contributed by atoms with van der Waals surface area (Å²) in [4.78, 5) is 16.1. The van der Waals surface area contributed by atoms with Gasteiger partial charge in [0.05, 0.1) is 0 Å². The monoisotopic (exact) mass is 352 g/mol. The third kappa shape index (κ3) is 2.35. The summed E-state index contributed by atoms with van der Waals surface area (Å²) in [6.07, 6.45) is 2.20. The molecule has 0 fully saturated rings. The van der Waals surface area contributed by atoms with Crippen molar-refractivity contribution >= 4 is 17.2 Å². The van der Waals surface area contributed by atoms with Gasteiger partial charge in [0.1, 0.15) is 11.5 Å². The zero-order chi connectivity index (χ0) is 19.2. The number of aromatic hydroxyl groups is 2.